The minimum atomic E-state index is -1.06. The fourth-order valence-electron chi connectivity index (χ4n) is 2.69. The van der Waals surface area contributed by atoms with Gasteiger partial charge in [-0.1, -0.05) is 19.3 Å². The van der Waals surface area contributed by atoms with Gasteiger partial charge in [-0.25, -0.2) is 4.79 Å². The molecular formula is C17H23NO5. The Labute approximate surface area is 135 Å². The molecule has 1 saturated carbocycles. The number of aliphatic carboxylic acids is 1. The number of hydrogen-bond donors (Lipinski definition) is 2. The molecule has 1 aromatic rings. The predicted molar refractivity (Wildman–Crippen MR) is 85.1 cm³/mol. The summed E-state index contributed by atoms with van der Waals surface area (Å²) in [6.07, 6.45) is 5.57. The number of benzene rings is 1. The quantitative estimate of drug-likeness (QED) is 0.806. The number of carbonyl (C=O) groups is 2. The number of carbonyl (C=O) groups excluding carboxylic acids is 1. The van der Waals surface area contributed by atoms with Crippen molar-refractivity contribution in [3.63, 3.8) is 0 Å². The van der Waals surface area contributed by atoms with Gasteiger partial charge in [-0.05, 0) is 38.0 Å². The molecule has 0 heterocycles. The van der Waals surface area contributed by atoms with E-state index in [9.17, 15) is 9.59 Å². The summed E-state index contributed by atoms with van der Waals surface area (Å²) in [6.45, 7) is 1.76. The van der Waals surface area contributed by atoms with Gasteiger partial charge in [0, 0.05) is 11.6 Å². The van der Waals surface area contributed by atoms with Crippen LogP contribution >= 0.6 is 0 Å². The largest absolute Gasteiger partial charge is 0.490 e. The first kappa shape index (κ1) is 17.1. The first-order valence-corrected chi connectivity index (χ1v) is 8.02. The number of carboxylic acid groups (broad SMARTS) is 1. The van der Waals surface area contributed by atoms with E-state index in [-0.39, 0.29) is 11.9 Å². The van der Waals surface area contributed by atoms with Crippen LogP contribution in [0.15, 0.2) is 18.2 Å². The van der Waals surface area contributed by atoms with Gasteiger partial charge >= 0.3 is 5.97 Å². The number of ether oxygens (including phenoxy) is 2. The van der Waals surface area contributed by atoms with Crippen LogP contribution in [0.3, 0.4) is 0 Å². The van der Waals surface area contributed by atoms with E-state index >= 15 is 0 Å². The van der Waals surface area contributed by atoms with Crippen molar-refractivity contribution in [2.24, 2.45) is 0 Å². The summed E-state index contributed by atoms with van der Waals surface area (Å²) >= 11 is 0. The highest BCUT2D eigenvalue weighted by atomic mass is 16.5. The molecule has 0 atom stereocenters. The number of rotatable bonds is 7. The summed E-state index contributed by atoms with van der Waals surface area (Å²) in [5, 5.41) is 11.7. The molecule has 1 aliphatic carbocycles. The lowest BCUT2D eigenvalue weighted by Crippen LogP contribution is -2.36. The van der Waals surface area contributed by atoms with Crippen molar-refractivity contribution in [2.75, 3.05) is 13.2 Å². The molecule has 6 nitrogen and oxygen atoms in total. The zero-order chi connectivity index (χ0) is 16.7. The SMILES string of the molecule is CCOc1cc(C(=O)NC2CCCCC2)ccc1OCC(=O)O. The third-order valence-electron chi connectivity index (χ3n) is 3.80. The van der Waals surface area contributed by atoms with Gasteiger partial charge in [0.1, 0.15) is 0 Å². The van der Waals surface area contributed by atoms with Crippen molar-refractivity contribution in [1.82, 2.24) is 5.32 Å². The molecule has 1 amide bonds. The van der Waals surface area contributed by atoms with E-state index in [0.29, 0.717) is 23.7 Å². The lowest BCUT2D eigenvalue weighted by atomic mass is 9.95. The van der Waals surface area contributed by atoms with Crippen LogP contribution in [0.4, 0.5) is 0 Å². The molecule has 2 N–H and O–H groups in total. The van der Waals surface area contributed by atoms with Crippen molar-refractivity contribution < 1.29 is 24.2 Å². The first-order valence-electron chi connectivity index (χ1n) is 8.02. The molecule has 0 unspecified atom stereocenters. The maximum atomic E-state index is 12.3. The molecule has 0 spiro atoms. The fourth-order valence-corrected chi connectivity index (χ4v) is 2.69. The Morgan fingerprint density at radius 2 is 1.91 bits per heavy atom. The zero-order valence-corrected chi connectivity index (χ0v) is 13.3. The second-order valence-electron chi connectivity index (χ2n) is 5.59. The Bertz CT molecular complexity index is 552. The molecule has 2 rings (SSSR count). The molecule has 0 aliphatic heterocycles. The van der Waals surface area contributed by atoms with Crippen molar-refractivity contribution in [3.05, 3.63) is 23.8 Å². The van der Waals surface area contributed by atoms with Gasteiger partial charge in [0.15, 0.2) is 18.1 Å². The molecule has 23 heavy (non-hydrogen) atoms. The van der Waals surface area contributed by atoms with Crippen LogP contribution in [0, 0.1) is 0 Å². The molecule has 1 aromatic carbocycles. The maximum Gasteiger partial charge on any atom is 0.341 e. The van der Waals surface area contributed by atoms with Crippen molar-refractivity contribution >= 4 is 11.9 Å². The fraction of sp³-hybridized carbons (Fsp3) is 0.529. The molecule has 1 fully saturated rings. The lowest BCUT2D eigenvalue weighted by molar-refractivity contribution is -0.139. The van der Waals surface area contributed by atoms with Crippen LogP contribution in [-0.4, -0.2) is 36.2 Å². The summed E-state index contributed by atoms with van der Waals surface area (Å²) in [5.74, 6) is -0.497. The van der Waals surface area contributed by atoms with Gasteiger partial charge in [-0.3, -0.25) is 4.79 Å². The Morgan fingerprint density at radius 3 is 2.57 bits per heavy atom. The van der Waals surface area contributed by atoms with Crippen LogP contribution < -0.4 is 14.8 Å². The summed E-state index contributed by atoms with van der Waals surface area (Å²) in [4.78, 5) is 23.0. The van der Waals surface area contributed by atoms with Gasteiger partial charge < -0.3 is 19.9 Å². The van der Waals surface area contributed by atoms with E-state index in [1.54, 1.807) is 18.2 Å². The Kier molecular flexibility index (Phi) is 6.26. The first-order chi connectivity index (χ1) is 11.1. The van der Waals surface area contributed by atoms with Gasteiger partial charge in [0.05, 0.1) is 6.61 Å². The van der Waals surface area contributed by atoms with Gasteiger partial charge in [0.2, 0.25) is 0 Å². The minimum absolute atomic E-state index is 0.136. The van der Waals surface area contributed by atoms with Crippen molar-refractivity contribution in [3.8, 4) is 11.5 Å². The standard InChI is InChI=1S/C17H23NO5/c1-2-22-15-10-12(8-9-14(15)23-11-16(19)20)17(21)18-13-6-4-3-5-7-13/h8-10,13H,2-7,11H2,1H3,(H,18,21)(H,19,20). The molecule has 126 valence electrons. The van der Waals surface area contributed by atoms with Gasteiger partial charge in [-0.2, -0.15) is 0 Å². The minimum Gasteiger partial charge on any atom is -0.490 e. The molecule has 0 bridgehead atoms. The maximum absolute atomic E-state index is 12.3. The Morgan fingerprint density at radius 1 is 1.17 bits per heavy atom. The smallest absolute Gasteiger partial charge is 0.341 e. The predicted octanol–water partition coefficient (Wildman–Crippen LogP) is 2.61. The molecule has 6 heteroatoms. The van der Waals surface area contributed by atoms with E-state index in [1.807, 2.05) is 6.92 Å². The van der Waals surface area contributed by atoms with Crippen LogP contribution in [0.1, 0.15) is 49.4 Å². The Balaban J connectivity index is 2.07. The van der Waals surface area contributed by atoms with Crippen molar-refractivity contribution in [2.45, 2.75) is 45.1 Å². The third-order valence-corrected chi connectivity index (χ3v) is 3.80. The molecular weight excluding hydrogens is 298 g/mol. The third kappa shape index (κ3) is 5.16. The lowest BCUT2D eigenvalue weighted by Gasteiger charge is -2.23. The number of amides is 1. The normalized spacial score (nSPS) is 15.0. The van der Waals surface area contributed by atoms with Crippen LogP contribution in [0.5, 0.6) is 11.5 Å². The highest BCUT2D eigenvalue weighted by molar-refractivity contribution is 5.95. The van der Waals surface area contributed by atoms with Crippen LogP contribution in [0.2, 0.25) is 0 Å². The van der Waals surface area contributed by atoms with E-state index in [4.69, 9.17) is 14.6 Å². The van der Waals surface area contributed by atoms with E-state index in [2.05, 4.69) is 5.32 Å². The summed E-state index contributed by atoms with van der Waals surface area (Å²) in [5.41, 5.74) is 0.488. The van der Waals surface area contributed by atoms with Crippen LogP contribution in [-0.2, 0) is 4.79 Å². The van der Waals surface area contributed by atoms with Crippen LogP contribution in [0.25, 0.3) is 0 Å². The molecule has 0 radical (unpaired) electrons. The summed E-state index contributed by atoms with van der Waals surface area (Å²) < 4.78 is 10.6. The molecule has 1 aliphatic rings. The van der Waals surface area contributed by atoms with E-state index < -0.39 is 12.6 Å². The summed E-state index contributed by atoms with van der Waals surface area (Å²) in [7, 11) is 0. The van der Waals surface area contributed by atoms with Gasteiger partial charge in [0.25, 0.3) is 5.91 Å². The average Bonchev–Trinajstić information content (AvgIpc) is 2.54. The van der Waals surface area contributed by atoms with Crippen molar-refractivity contribution in [1.29, 1.82) is 0 Å². The Hall–Kier alpha value is -2.24. The summed E-state index contributed by atoms with van der Waals surface area (Å²) in [6, 6.07) is 5.02. The zero-order valence-electron chi connectivity index (χ0n) is 13.3. The average molecular weight is 321 g/mol. The topological polar surface area (TPSA) is 84.9 Å². The van der Waals surface area contributed by atoms with E-state index in [1.165, 1.54) is 6.42 Å². The monoisotopic (exact) mass is 321 g/mol. The van der Waals surface area contributed by atoms with Gasteiger partial charge in [-0.15, -0.1) is 0 Å². The molecule has 0 aromatic heterocycles. The molecule has 0 saturated heterocycles. The number of hydrogen-bond acceptors (Lipinski definition) is 4. The highest BCUT2D eigenvalue weighted by Gasteiger charge is 2.18. The second kappa shape index (κ2) is 8.41. The second-order valence-corrected chi connectivity index (χ2v) is 5.59. The van der Waals surface area contributed by atoms with E-state index in [0.717, 1.165) is 25.7 Å². The number of carboxylic acids is 1. The number of nitrogens with one attached hydrogen (secondary N) is 1. The highest BCUT2D eigenvalue weighted by Crippen LogP contribution is 2.29.